The SMILES string of the molecule is c1ccc(N(c2ccc(-c3cccc4ccccc34)cc2)c2ccc(-c3cccc4oc5c6ccccc6ccc5c34)cc2)c(-c2ccc3sc4ccccc4c3c2)c1. The molecule has 0 saturated carbocycles. The number of hydrogen-bond acceptors (Lipinski definition) is 3. The van der Waals surface area contributed by atoms with E-state index in [1.165, 1.54) is 58.6 Å². The summed E-state index contributed by atoms with van der Waals surface area (Å²) >= 11 is 1.85. The number of nitrogens with zero attached hydrogens (tertiary/aromatic N) is 1. The summed E-state index contributed by atoms with van der Waals surface area (Å²) in [5.74, 6) is 0. The maximum Gasteiger partial charge on any atom is 0.143 e. The van der Waals surface area contributed by atoms with Gasteiger partial charge < -0.3 is 9.32 Å². The predicted octanol–water partition coefficient (Wildman–Crippen LogP) is 16.7. The summed E-state index contributed by atoms with van der Waals surface area (Å²) in [5, 5.41) is 9.69. The molecule has 0 aliphatic carbocycles. The second-order valence-corrected chi connectivity index (χ2v) is 16.3. The van der Waals surface area contributed by atoms with Gasteiger partial charge in [0.25, 0.3) is 0 Å². The van der Waals surface area contributed by atoms with Crippen LogP contribution >= 0.6 is 11.3 Å². The van der Waals surface area contributed by atoms with E-state index in [0.717, 1.165) is 55.5 Å². The van der Waals surface area contributed by atoms with Crippen LogP contribution in [0.15, 0.2) is 217 Å². The van der Waals surface area contributed by atoms with Gasteiger partial charge in [0, 0.05) is 53.3 Å². The van der Waals surface area contributed by atoms with Crippen LogP contribution < -0.4 is 4.90 Å². The van der Waals surface area contributed by atoms with Crippen molar-refractivity contribution in [2.45, 2.75) is 0 Å². The largest absolute Gasteiger partial charge is 0.455 e. The third-order valence-corrected chi connectivity index (χ3v) is 13.0. The summed E-state index contributed by atoms with van der Waals surface area (Å²) in [6, 6.07) is 77.0. The summed E-state index contributed by atoms with van der Waals surface area (Å²) in [5.41, 5.74) is 12.2. The summed E-state index contributed by atoms with van der Waals surface area (Å²) in [6.07, 6.45) is 0. The van der Waals surface area contributed by atoms with Gasteiger partial charge in [0.1, 0.15) is 11.2 Å². The first-order chi connectivity index (χ1) is 29.2. The lowest BCUT2D eigenvalue weighted by Crippen LogP contribution is -2.11. The molecule has 276 valence electrons. The number of benzene rings is 10. The molecular weight excluding hydrogens is 735 g/mol. The Hall–Kier alpha value is -7.46. The van der Waals surface area contributed by atoms with E-state index < -0.39 is 0 Å². The molecule has 0 fully saturated rings. The topological polar surface area (TPSA) is 16.4 Å². The zero-order valence-corrected chi connectivity index (χ0v) is 32.8. The van der Waals surface area contributed by atoms with E-state index in [-0.39, 0.29) is 0 Å². The highest BCUT2D eigenvalue weighted by molar-refractivity contribution is 7.25. The van der Waals surface area contributed by atoms with Crippen LogP contribution in [0.2, 0.25) is 0 Å². The van der Waals surface area contributed by atoms with E-state index in [9.17, 15) is 0 Å². The maximum atomic E-state index is 6.56. The number of fused-ring (bicyclic) bond motifs is 9. The summed E-state index contributed by atoms with van der Waals surface area (Å²) in [4.78, 5) is 2.40. The average Bonchev–Trinajstić information content (AvgIpc) is 3.88. The summed E-state index contributed by atoms with van der Waals surface area (Å²) in [6.45, 7) is 0. The molecule has 10 aromatic carbocycles. The Kier molecular flexibility index (Phi) is 7.75. The van der Waals surface area contributed by atoms with Crippen molar-refractivity contribution in [3.8, 4) is 33.4 Å². The molecule has 0 amide bonds. The van der Waals surface area contributed by atoms with Gasteiger partial charge in [-0.2, -0.15) is 0 Å². The van der Waals surface area contributed by atoms with Gasteiger partial charge in [-0.3, -0.25) is 0 Å². The van der Waals surface area contributed by atoms with E-state index in [0.29, 0.717) is 0 Å². The molecule has 0 spiro atoms. The molecule has 0 bridgehead atoms. The molecule has 12 rings (SSSR count). The Morgan fingerprint density at radius 1 is 0.356 bits per heavy atom. The highest BCUT2D eigenvalue weighted by Crippen LogP contribution is 2.45. The van der Waals surface area contributed by atoms with Gasteiger partial charge in [-0.15, -0.1) is 11.3 Å². The van der Waals surface area contributed by atoms with E-state index in [1.54, 1.807) is 0 Å². The fourth-order valence-electron chi connectivity index (χ4n) is 9.09. The summed E-state index contributed by atoms with van der Waals surface area (Å²) < 4.78 is 9.18. The Morgan fingerprint density at radius 3 is 1.75 bits per heavy atom. The average molecular weight is 770 g/mol. The molecule has 12 aromatic rings. The zero-order valence-electron chi connectivity index (χ0n) is 32.0. The maximum absolute atomic E-state index is 6.56. The summed E-state index contributed by atoms with van der Waals surface area (Å²) in [7, 11) is 0. The van der Waals surface area contributed by atoms with Crippen molar-refractivity contribution in [1.82, 2.24) is 0 Å². The molecule has 0 radical (unpaired) electrons. The van der Waals surface area contributed by atoms with E-state index >= 15 is 0 Å². The van der Waals surface area contributed by atoms with Crippen molar-refractivity contribution in [3.63, 3.8) is 0 Å². The Balaban J connectivity index is 1.01. The highest BCUT2D eigenvalue weighted by Gasteiger charge is 2.20. The molecule has 2 heterocycles. The molecule has 3 heteroatoms. The van der Waals surface area contributed by atoms with Crippen LogP contribution in [0.5, 0.6) is 0 Å². The molecule has 2 aromatic heterocycles. The molecule has 0 aliphatic rings. The minimum absolute atomic E-state index is 0.898. The fraction of sp³-hybridized carbons (Fsp3) is 0. The second kappa shape index (κ2) is 13.6. The number of furan rings is 1. The Bertz CT molecular complexity index is 3550. The number of thiophene rings is 1. The van der Waals surface area contributed by atoms with Gasteiger partial charge in [-0.05, 0) is 105 Å². The standard InChI is InChI=1S/C56H35NOS/c1-3-14-43-36(11-1)13-9-18-44(43)38-23-29-41(30-24-38)57(51-20-7-5-15-45(51)40-28-34-54-50(35-40)48-17-6-8-22-53(48)59-54)42-31-25-39(26-32-42)46-19-10-21-52-55(46)49-33-27-37-12-2-4-16-47(37)56(49)58-52/h1-35H. The molecule has 2 nitrogen and oxygen atoms in total. The number of rotatable bonds is 6. The smallest absolute Gasteiger partial charge is 0.143 e. The van der Waals surface area contributed by atoms with Crippen molar-refractivity contribution in [2.75, 3.05) is 4.90 Å². The zero-order chi connectivity index (χ0) is 38.9. The third kappa shape index (κ3) is 5.55. The van der Waals surface area contributed by atoms with Gasteiger partial charge in [0.05, 0.1) is 5.69 Å². The van der Waals surface area contributed by atoms with Crippen LogP contribution in [-0.4, -0.2) is 0 Å². The molecule has 0 atom stereocenters. The van der Waals surface area contributed by atoms with Crippen molar-refractivity contribution >= 4 is 92.1 Å². The Labute approximate surface area is 345 Å². The van der Waals surface area contributed by atoms with E-state index in [1.807, 2.05) is 11.3 Å². The van der Waals surface area contributed by atoms with Gasteiger partial charge in [0.2, 0.25) is 0 Å². The minimum Gasteiger partial charge on any atom is -0.455 e. The van der Waals surface area contributed by atoms with Crippen molar-refractivity contribution in [1.29, 1.82) is 0 Å². The minimum atomic E-state index is 0.898. The second-order valence-electron chi connectivity index (χ2n) is 15.2. The van der Waals surface area contributed by atoms with Gasteiger partial charge in [-0.1, -0.05) is 152 Å². The molecule has 0 unspecified atom stereocenters. The number of para-hydroxylation sites is 1. The van der Waals surface area contributed by atoms with Crippen molar-refractivity contribution < 1.29 is 4.42 Å². The van der Waals surface area contributed by atoms with Crippen molar-refractivity contribution in [2.24, 2.45) is 0 Å². The lowest BCUT2D eigenvalue weighted by atomic mass is 9.96. The fourth-order valence-corrected chi connectivity index (χ4v) is 10.2. The Morgan fingerprint density at radius 2 is 0.932 bits per heavy atom. The highest BCUT2D eigenvalue weighted by atomic mass is 32.1. The molecule has 59 heavy (non-hydrogen) atoms. The number of hydrogen-bond donors (Lipinski definition) is 0. The normalized spacial score (nSPS) is 11.7. The van der Waals surface area contributed by atoms with Crippen LogP contribution in [0.4, 0.5) is 17.1 Å². The van der Waals surface area contributed by atoms with E-state index in [4.69, 9.17) is 4.42 Å². The van der Waals surface area contributed by atoms with Crippen LogP contribution in [0.25, 0.3) is 97.0 Å². The first-order valence-electron chi connectivity index (χ1n) is 20.1. The first-order valence-corrected chi connectivity index (χ1v) is 20.9. The van der Waals surface area contributed by atoms with Crippen LogP contribution in [-0.2, 0) is 0 Å². The quantitative estimate of drug-likeness (QED) is 0.167. The lowest BCUT2D eigenvalue weighted by Gasteiger charge is -2.28. The van der Waals surface area contributed by atoms with Crippen LogP contribution in [0.1, 0.15) is 0 Å². The van der Waals surface area contributed by atoms with Gasteiger partial charge in [-0.25, -0.2) is 0 Å². The van der Waals surface area contributed by atoms with Crippen molar-refractivity contribution in [3.05, 3.63) is 212 Å². The monoisotopic (exact) mass is 769 g/mol. The van der Waals surface area contributed by atoms with Crippen LogP contribution in [0.3, 0.4) is 0 Å². The van der Waals surface area contributed by atoms with Gasteiger partial charge >= 0.3 is 0 Å². The van der Waals surface area contributed by atoms with Gasteiger partial charge in [0.15, 0.2) is 0 Å². The first kappa shape index (κ1) is 33.7. The lowest BCUT2D eigenvalue weighted by molar-refractivity contribution is 0.673. The molecular formula is C56H35NOS. The molecule has 0 saturated heterocycles. The molecule has 0 aliphatic heterocycles. The third-order valence-electron chi connectivity index (χ3n) is 11.9. The number of anilines is 3. The molecule has 0 N–H and O–H groups in total. The van der Waals surface area contributed by atoms with Crippen LogP contribution in [0, 0.1) is 0 Å². The predicted molar refractivity (Wildman–Crippen MR) is 253 cm³/mol. The van der Waals surface area contributed by atoms with E-state index in [2.05, 4.69) is 217 Å².